The van der Waals surface area contributed by atoms with Gasteiger partial charge in [0.15, 0.2) is 0 Å². The van der Waals surface area contributed by atoms with Crippen LogP contribution in [0.3, 0.4) is 0 Å². The van der Waals surface area contributed by atoms with Crippen LogP contribution in [0.5, 0.6) is 0 Å². The van der Waals surface area contributed by atoms with E-state index < -0.39 is 0 Å². The van der Waals surface area contributed by atoms with E-state index in [4.69, 9.17) is 15.2 Å². The molecule has 0 aliphatic heterocycles. The second kappa shape index (κ2) is 10.4. The lowest BCUT2D eigenvalue weighted by atomic mass is 10.4. The van der Waals surface area contributed by atoms with Crippen LogP contribution in [0, 0.1) is 0 Å². The fraction of sp³-hybridized carbons (Fsp3) is 0.889. The number of nitrogens with two attached hydrogens (primary N) is 1. The predicted octanol–water partition coefficient (Wildman–Crippen LogP) is -0.495. The van der Waals surface area contributed by atoms with Gasteiger partial charge in [-0.2, -0.15) is 0 Å². The largest absolute Gasteiger partial charge is 0.380 e. The van der Waals surface area contributed by atoms with Crippen LogP contribution in [0.25, 0.3) is 0 Å². The smallest absolute Gasteiger partial charge is 0.222 e. The maximum atomic E-state index is 11.1. The second-order valence-electron chi connectivity index (χ2n) is 2.70. The van der Waals surface area contributed by atoms with Crippen molar-refractivity contribution in [1.29, 1.82) is 0 Å². The number of ether oxygens (including phenoxy) is 2. The third kappa shape index (κ3) is 9.44. The highest BCUT2D eigenvalue weighted by atomic mass is 16.5. The van der Waals surface area contributed by atoms with Gasteiger partial charge in [0.25, 0.3) is 0 Å². The minimum absolute atomic E-state index is 0.0123. The van der Waals surface area contributed by atoms with Crippen molar-refractivity contribution in [2.45, 2.75) is 13.3 Å². The molecular weight excluding hydrogens is 184 g/mol. The van der Waals surface area contributed by atoms with E-state index in [1.165, 1.54) is 0 Å². The molecule has 0 aliphatic rings. The molecular formula is C9H20N2O3. The Morgan fingerprint density at radius 3 is 2.71 bits per heavy atom. The molecule has 5 heteroatoms. The quantitative estimate of drug-likeness (QED) is 0.497. The molecule has 0 saturated heterocycles. The highest BCUT2D eigenvalue weighted by molar-refractivity contribution is 5.75. The van der Waals surface area contributed by atoms with Gasteiger partial charge < -0.3 is 20.5 Å². The summed E-state index contributed by atoms with van der Waals surface area (Å²) in [6.45, 7) is 5.14. The van der Waals surface area contributed by atoms with Crippen molar-refractivity contribution in [2.24, 2.45) is 5.73 Å². The molecule has 0 aromatic heterocycles. The summed E-state index contributed by atoms with van der Waals surface area (Å²) >= 11 is 0. The van der Waals surface area contributed by atoms with E-state index in [0.29, 0.717) is 45.9 Å². The highest BCUT2D eigenvalue weighted by Gasteiger charge is 1.99. The Balaban J connectivity index is 3.11. The highest BCUT2D eigenvalue weighted by Crippen LogP contribution is 1.82. The van der Waals surface area contributed by atoms with Gasteiger partial charge in [0.2, 0.25) is 5.91 Å². The molecule has 0 atom stereocenters. The average Bonchev–Trinajstić information content (AvgIpc) is 2.19. The number of hydrogen-bond donors (Lipinski definition) is 2. The summed E-state index contributed by atoms with van der Waals surface area (Å²) in [6, 6.07) is 0. The maximum absolute atomic E-state index is 11.1. The number of amides is 1. The number of carbonyl (C=O) groups is 1. The molecule has 0 aliphatic carbocycles. The van der Waals surface area contributed by atoms with Gasteiger partial charge in [-0.05, 0) is 6.92 Å². The summed E-state index contributed by atoms with van der Waals surface area (Å²) in [7, 11) is 0. The minimum Gasteiger partial charge on any atom is -0.380 e. The van der Waals surface area contributed by atoms with Crippen LogP contribution >= 0.6 is 0 Å². The lowest BCUT2D eigenvalue weighted by Crippen LogP contribution is -2.28. The van der Waals surface area contributed by atoms with Crippen LogP contribution in [-0.2, 0) is 14.3 Å². The number of carbonyl (C=O) groups excluding carboxylic acids is 1. The van der Waals surface area contributed by atoms with E-state index in [0.717, 1.165) is 0 Å². The van der Waals surface area contributed by atoms with Crippen LogP contribution in [0.2, 0.25) is 0 Å². The fourth-order valence-electron chi connectivity index (χ4n) is 0.846. The van der Waals surface area contributed by atoms with Gasteiger partial charge in [-0.25, -0.2) is 0 Å². The van der Waals surface area contributed by atoms with Crippen molar-refractivity contribution in [2.75, 3.05) is 39.5 Å². The van der Waals surface area contributed by atoms with Gasteiger partial charge in [-0.15, -0.1) is 0 Å². The summed E-state index contributed by atoms with van der Waals surface area (Å²) in [5.41, 5.74) is 5.22. The Morgan fingerprint density at radius 2 is 2.07 bits per heavy atom. The Hall–Kier alpha value is -0.650. The van der Waals surface area contributed by atoms with E-state index in [9.17, 15) is 4.79 Å². The molecule has 0 radical (unpaired) electrons. The zero-order valence-electron chi connectivity index (χ0n) is 8.75. The van der Waals surface area contributed by atoms with Crippen LogP contribution < -0.4 is 11.1 Å². The normalized spacial score (nSPS) is 10.1. The van der Waals surface area contributed by atoms with Crippen LogP contribution in [0.1, 0.15) is 13.3 Å². The minimum atomic E-state index is -0.0123. The molecule has 0 aromatic rings. The molecule has 0 spiro atoms. The van der Waals surface area contributed by atoms with Gasteiger partial charge >= 0.3 is 0 Å². The van der Waals surface area contributed by atoms with E-state index in [1.54, 1.807) is 0 Å². The summed E-state index contributed by atoms with van der Waals surface area (Å²) < 4.78 is 10.1. The van der Waals surface area contributed by atoms with Crippen LogP contribution in [0.15, 0.2) is 0 Å². The molecule has 14 heavy (non-hydrogen) atoms. The van der Waals surface area contributed by atoms with Crippen molar-refractivity contribution in [3.05, 3.63) is 0 Å². The van der Waals surface area contributed by atoms with E-state index in [2.05, 4.69) is 5.32 Å². The van der Waals surface area contributed by atoms with Gasteiger partial charge in [0, 0.05) is 26.1 Å². The van der Waals surface area contributed by atoms with Crippen LogP contribution in [-0.4, -0.2) is 45.4 Å². The first-order valence-corrected chi connectivity index (χ1v) is 4.93. The van der Waals surface area contributed by atoms with Crippen molar-refractivity contribution in [3.8, 4) is 0 Å². The Bertz CT molecular complexity index is 128. The third-order valence-corrected chi connectivity index (χ3v) is 1.51. The Kier molecular flexibility index (Phi) is 9.95. The van der Waals surface area contributed by atoms with Crippen LogP contribution in [0.4, 0.5) is 0 Å². The standard InChI is InChI=1S/C9H20N2O3/c1-2-13-8-5-11-9(12)3-6-14-7-4-10/h2-8,10H2,1H3,(H,11,12). The first kappa shape index (κ1) is 13.4. The van der Waals surface area contributed by atoms with E-state index in [-0.39, 0.29) is 5.91 Å². The maximum Gasteiger partial charge on any atom is 0.222 e. The Morgan fingerprint density at radius 1 is 1.29 bits per heavy atom. The van der Waals surface area contributed by atoms with Crippen molar-refractivity contribution < 1.29 is 14.3 Å². The molecule has 0 aromatic carbocycles. The summed E-state index contributed by atoms with van der Waals surface area (Å²) in [5, 5.41) is 2.72. The van der Waals surface area contributed by atoms with Crippen molar-refractivity contribution >= 4 is 5.91 Å². The fourth-order valence-corrected chi connectivity index (χ4v) is 0.846. The van der Waals surface area contributed by atoms with E-state index in [1.807, 2.05) is 6.92 Å². The SMILES string of the molecule is CCOCCNC(=O)CCOCCN. The lowest BCUT2D eigenvalue weighted by molar-refractivity contribution is -0.122. The summed E-state index contributed by atoms with van der Waals surface area (Å²) in [6.07, 6.45) is 0.381. The van der Waals surface area contributed by atoms with Gasteiger partial charge in [0.05, 0.1) is 19.8 Å². The number of hydrogen-bond acceptors (Lipinski definition) is 4. The average molecular weight is 204 g/mol. The third-order valence-electron chi connectivity index (χ3n) is 1.51. The molecule has 5 nitrogen and oxygen atoms in total. The first-order chi connectivity index (χ1) is 6.81. The molecule has 0 bridgehead atoms. The summed E-state index contributed by atoms with van der Waals surface area (Å²) in [5.74, 6) is -0.0123. The number of nitrogens with one attached hydrogen (secondary N) is 1. The predicted molar refractivity (Wildman–Crippen MR) is 54.0 cm³/mol. The lowest BCUT2D eigenvalue weighted by Gasteiger charge is -2.05. The molecule has 1 amide bonds. The zero-order chi connectivity index (χ0) is 10.6. The van der Waals surface area contributed by atoms with E-state index >= 15 is 0 Å². The monoisotopic (exact) mass is 204 g/mol. The van der Waals surface area contributed by atoms with Crippen molar-refractivity contribution in [1.82, 2.24) is 5.32 Å². The molecule has 3 N–H and O–H groups in total. The zero-order valence-corrected chi connectivity index (χ0v) is 8.75. The molecule has 84 valence electrons. The first-order valence-electron chi connectivity index (χ1n) is 4.93. The molecule has 0 heterocycles. The summed E-state index contributed by atoms with van der Waals surface area (Å²) in [4.78, 5) is 11.1. The molecule has 0 unspecified atom stereocenters. The van der Waals surface area contributed by atoms with Crippen molar-refractivity contribution in [3.63, 3.8) is 0 Å². The second-order valence-corrected chi connectivity index (χ2v) is 2.70. The molecule has 0 fully saturated rings. The number of rotatable bonds is 9. The molecule has 0 saturated carbocycles. The van der Waals surface area contributed by atoms with Gasteiger partial charge in [0.1, 0.15) is 0 Å². The van der Waals surface area contributed by atoms with Gasteiger partial charge in [-0.1, -0.05) is 0 Å². The van der Waals surface area contributed by atoms with Gasteiger partial charge in [-0.3, -0.25) is 4.79 Å². The topological polar surface area (TPSA) is 73.6 Å². The molecule has 0 rings (SSSR count). The Labute approximate surface area is 84.9 Å².